The molecule has 0 atom stereocenters. The first-order valence-electron chi connectivity index (χ1n) is 6.89. The maximum Gasteiger partial charge on any atom is 0.215 e. The van der Waals surface area contributed by atoms with Gasteiger partial charge in [0.2, 0.25) is 5.88 Å². The summed E-state index contributed by atoms with van der Waals surface area (Å²) in [6, 6.07) is 4.18. The fraction of sp³-hybridized carbons (Fsp3) is 0.571. The smallest absolute Gasteiger partial charge is 0.215 e. The zero-order valence-corrected chi connectivity index (χ0v) is 12.3. The van der Waals surface area contributed by atoms with E-state index in [0.29, 0.717) is 17.8 Å². The molecule has 3 heterocycles. The first-order valence-corrected chi connectivity index (χ1v) is 7.42. The number of pyridine rings is 1. The molecule has 108 valence electrons. The van der Waals surface area contributed by atoms with Gasteiger partial charge in [-0.2, -0.15) is 4.98 Å². The van der Waals surface area contributed by atoms with Gasteiger partial charge in [-0.25, -0.2) is 4.98 Å². The summed E-state index contributed by atoms with van der Waals surface area (Å²) >= 11 is 5.91. The van der Waals surface area contributed by atoms with E-state index in [2.05, 4.69) is 14.5 Å². The maximum atomic E-state index is 5.91. The van der Waals surface area contributed by atoms with Crippen molar-refractivity contribution in [3.63, 3.8) is 0 Å². The molecule has 5 nitrogen and oxygen atoms in total. The average molecular weight is 296 g/mol. The van der Waals surface area contributed by atoms with Gasteiger partial charge in [0.1, 0.15) is 11.3 Å². The lowest BCUT2D eigenvalue weighted by atomic mass is 10.1. The fourth-order valence-corrected chi connectivity index (χ4v) is 2.87. The summed E-state index contributed by atoms with van der Waals surface area (Å²) in [7, 11) is 1.63. The van der Waals surface area contributed by atoms with Crippen LogP contribution in [0.5, 0.6) is 5.88 Å². The van der Waals surface area contributed by atoms with Crippen LogP contribution in [0.25, 0.3) is 11.2 Å². The Balaban J connectivity index is 2.10. The number of ether oxygens (including phenoxy) is 2. The first kappa shape index (κ1) is 13.6. The van der Waals surface area contributed by atoms with Crippen LogP contribution in [-0.4, -0.2) is 40.7 Å². The van der Waals surface area contributed by atoms with Crippen LogP contribution in [-0.2, 0) is 11.2 Å². The number of aryl methyl sites for hydroxylation is 1. The molecule has 0 spiro atoms. The number of hydrogen-bond acceptors (Lipinski definition) is 4. The van der Waals surface area contributed by atoms with Gasteiger partial charge < -0.3 is 14.0 Å². The molecule has 0 amide bonds. The quantitative estimate of drug-likeness (QED) is 0.814. The second kappa shape index (κ2) is 5.97. The van der Waals surface area contributed by atoms with E-state index in [9.17, 15) is 0 Å². The van der Waals surface area contributed by atoms with Gasteiger partial charge >= 0.3 is 0 Å². The lowest BCUT2D eigenvalue weighted by molar-refractivity contribution is 0.0698. The number of aromatic nitrogens is 3. The topological polar surface area (TPSA) is 49.2 Å². The average Bonchev–Trinajstić information content (AvgIpc) is 2.85. The molecule has 2 aromatic rings. The minimum absolute atomic E-state index is 0.381. The minimum atomic E-state index is 0.381. The molecule has 1 fully saturated rings. The van der Waals surface area contributed by atoms with Crippen molar-refractivity contribution in [3.05, 3.63) is 18.0 Å². The summed E-state index contributed by atoms with van der Waals surface area (Å²) in [5.41, 5.74) is 1.79. The molecule has 0 radical (unpaired) electrons. The summed E-state index contributed by atoms with van der Waals surface area (Å²) in [5.74, 6) is 2.18. The molecule has 1 aliphatic heterocycles. The van der Waals surface area contributed by atoms with Crippen molar-refractivity contribution >= 4 is 22.8 Å². The third kappa shape index (κ3) is 2.47. The normalized spacial score (nSPS) is 16.7. The Morgan fingerprint density at radius 1 is 1.35 bits per heavy atom. The van der Waals surface area contributed by atoms with Gasteiger partial charge in [0.05, 0.1) is 7.11 Å². The zero-order chi connectivity index (χ0) is 13.9. The zero-order valence-electron chi connectivity index (χ0n) is 11.5. The Labute approximate surface area is 122 Å². The van der Waals surface area contributed by atoms with Crippen LogP contribution < -0.4 is 4.74 Å². The maximum absolute atomic E-state index is 5.91. The standard InChI is InChI=1S/C14H18ClN3O2/c1-19-13-3-2-11-14(17-13)18(12(16-11)4-7-15)10-5-8-20-9-6-10/h2-3,10H,4-9H2,1H3. The molecule has 3 rings (SSSR count). The van der Waals surface area contributed by atoms with Crippen molar-refractivity contribution in [2.75, 3.05) is 26.2 Å². The minimum Gasteiger partial charge on any atom is -0.481 e. The number of nitrogens with zero attached hydrogens (tertiary/aromatic N) is 3. The Morgan fingerprint density at radius 2 is 2.15 bits per heavy atom. The number of methoxy groups -OCH3 is 1. The molecule has 0 aromatic carbocycles. The highest BCUT2D eigenvalue weighted by Crippen LogP contribution is 2.28. The molecule has 0 unspecified atom stereocenters. The molecule has 0 aliphatic carbocycles. The molecule has 0 N–H and O–H groups in total. The Morgan fingerprint density at radius 3 is 2.85 bits per heavy atom. The number of imidazole rings is 1. The fourth-order valence-electron chi connectivity index (χ4n) is 2.70. The van der Waals surface area contributed by atoms with Gasteiger partial charge in [-0.05, 0) is 18.9 Å². The second-order valence-electron chi connectivity index (χ2n) is 4.88. The summed E-state index contributed by atoms with van der Waals surface area (Å²) in [6.07, 6.45) is 2.72. The van der Waals surface area contributed by atoms with E-state index in [1.165, 1.54) is 0 Å². The molecule has 2 aromatic heterocycles. The number of hydrogen-bond donors (Lipinski definition) is 0. The van der Waals surface area contributed by atoms with E-state index in [0.717, 1.165) is 49.5 Å². The van der Waals surface area contributed by atoms with Crippen LogP contribution in [0, 0.1) is 0 Å². The Hall–Kier alpha value is -1.33. The van der Waals surface area contributed by atoms with Gasteiger partial charge in [-0.1, -0.05) is 0 Å². The van der Waals surface area contributed by atoms with Crippen molar-refractivity contribution in [2.45, 2.75) is 25.3 Å². The molecule has 0 saturated carbocycles. The summed E-state index contributed by atoms with van der Waals surface area (Å²) in [6.45, 7) is 1.57. The van der Waals surface area contributed by atoms with E-state index in [-0.39, 0.29) is 0 Å². The van der Waals surface area contributed by atoms with Crippen LogP contribution in [0.4, 0.5) is 0 Å². The monoisotopic (exact) mass is 295 g/mol. The van der Waals surface area contributed by atoms with Crippen molar-refractivity contribution in [1.29, 1.82) is 0 Å². The lowest BCUT2D eigenvalue weighted by Gasteiger charge is -2.25. The van der Waals surface area contributed by atoms with Gasteiger partial charge in [-0.3, -0.25) is 0 Å². The van der Waals surface area contributed by atoms with E-state index in [1.54, 1.807) is 7.11 Å². The van der Waals surface area contributed by atoms with Crippen LogP contribution in [0.1, 0.15) is 24.7 Å². The highest BCUT2D eigenvalue weighted by molar-refractivity contribution is 6.17. The first-order chi connectivity index (χ1) is 9.83. The highest BCUT2D eigenvalue weighted by atomic mass is 35.5. The van der Waals surface area contributed by atoms with Gasteiger partial charge in [0, 0.05) is 37.6 Å². The largest absolute Gasteiger partial charge is 0.481 e. The molecular weight excluding hydrogens is 278 g/mol. The Kier molecular flexibility index (Phi) is 4.08. The van der Waals surface area contributed by atoms with Crippen molar-refractivity contribution < 1.29 is 9.47 Å². The Bertz CT molecular complexity index is 593. The number of fused-ring (bicyclic) bond motifs is 1. The number of rotatable bonds is 4. The highest BCUT2D eigenvalue weighted by Gasteiger charge is 2.22. The molecule has 1 saturated heterocycles. The van der Waals surface area contributed by atoms with Crippen molar-refractivity contribution in [2.24, 2.45) is 0 Å². The van der Waals surface area contributed by atoms with E-state index >= 15 is 0 Å². The van der Waals surface area contributed by atoms with Crippen LogP contribution in [0.15, 0.2) is 12.1 Å². The summed E-state index contributed by atoms with van der Waals surface area (Å²) < 4.78 is 12.9. The number of alkyl halides is 1. The molecule has 20 heavy (non-hydrogen) atoms. The van der Waals surface area contributed by atoms with E-state index < -0.39 is 0 Å². The predicted octanol–water partition coefficient (Wildman–Crippen LogP) is 2.57. The van der Waals surface area contributed by atoms with Crippen LogP contribution >= 0.6 is 11.6 Å². The molecule has 0 bridgehead atoms. The summed E-state index contributed by atoms with van der Waals surface area (Å²) in [4.78, 5) is 9.24. The van der Waals surface area contributed by atoms with E-state index in [1.807, 2.05) is 12.1 Å². The van der Waals surface area contributed by atoms with Crippen LogP contribution in [0.2, 0.25) is 0 Å². The SMILES string of the molecule is COc1ccc2nc(CCCl)n(C3CCOCC3)c2n1. The third-order valence-corrected chi connectivity index (χ3v) is 3.86. The lowest BCUT2D eigenvalue weighted by Crippen LogP contribution is -2.21. The van der Waals surface area contributed by atoms with Crippen LogP contribution in [0.3, 0.4) is 0 Å². The van der Waals surface area contributed by atoms with Crippen molar-refractivity contribution in [3.8, 4) is 5.88 Å². The van der Waals surface area contributed by atoms with Gasteiger partial charge in [0.25, 0.3) is 0 Å². The molecular formula is C14H18ClN3O2. The second-order valence-corrected chi connectivity index (χ2v) is 5.25. The number of halogens is 1. The molecule has 1 aliphatic rings. The van der Waals surface area contributed by atoms with E-state index in [4.69, 9.17) is 21.1 Å². The van der Waals surface area contributed by atoms with Crippen molar-refractivity contribution in [1.82, 2.24) is 14.5 Å². The predicted molar refractivity (Wildman–Crippen MR) is 77.6 cm³/mol. The van der Waals surface area contributed by atoms with Gasteiger partial charge in [0.15, 0.2) is 5.65 Å². The van der Waals surface area contributed by atoms with Gasteiger partial charge in [-0.15, -0.1) is 11.6 Å². The summed E-state index contributed by atoms with van der Waals surface area (Å²) in [5, 5.41) is 0. The third-order valence-electron chi connectivity index (χ3n) is 3.67. The molecule has 6 heteroatoms.